The maximum Gasteiger partial charge on any atom is 0.416 e. The van der Waals surface area contributed by atoms with Gasteiger partial charge in [-0.05, 0) is 57.0 Å². The number of alkyl halides is 6. The monoisotopic (exact) mass is 382 g/mol. The van der Waals surface area contributed by atoms with Gasteiger partial charge in [-0.25, -0.2) is 0 Å². The van der Waals surface area contributed by atoms with Crippen molar-refractivity contribution in [1.29, 1.82) is 0 Å². The molecule has 1 unspecified atom stereocenters. The molecule has 1 fully saturated rings. The van der Waals surface area contributed by atoms with Crippen LogP contribution in [-0.4, -0.2) is 18.5 Å². The highest BCUT2D eigenvalue weighted by Gasteiger charge is 2.39. The number of rotatable bonds is 3. The van der Waals surface area contributed by atoms with Crippen molar-refractivity contribution in [2.45, 2.75) is 57.0 Å². The number of amides is 1. The Labute approximate surface area is 147 Å². The average Bonchev–Trinajstić information content (AvgIpc) is 2.53. The van der Waals surface area contributed by atoms with Gasteiger partial charge in [-0.2, -0.15) is 26.3 Å². The summed E-state index contributed by atoms with van der Waals surface area (Å²) in [6, 6.07) is 0.855. The van der Waals surface area contributed by atoms with E-state index in [1.165, 1.54) is 13.8 Å². The zero-order valence-electron chi connectivity index (χ0n) is 14.3. The maximum absolute atomic E-state index is 13.0. The molecule has 1 aromatic carbocycles. The van der Waals surface area contributed by atoms with E-state index in [2.05, 4.69) is 10.6 Å². The minimum Gasteiger partial charge on any atom is -0.346 e. The molecular weight excluding hydrogens is 362 g/mol. The van der Waals surface area contributed by atoms with Crippen molar-refractivity contribution >= 4 is 5.91 Å². The summed E-state index contributed by atoms with van der Waals surface area (Å²) in [5.74, 6) is -0.444. The molecule has 146 valence electrons. The zero-order valence-corrected chi connectivity index (χ0v) is 14.3. The van der Waals surface area contributed by atoms with E-state index in [1.54, 1.807) is 0 Å². The molecule has 0 aromatic heterocycles. The summed E-state index contributed by atoms with van der Waals surface area (Å²) in [4.78, 5) is 12.3. The predicted octanol–water partition coefficient (Wildman–Crippen LogP) is 4.22. The van der Waals surface area contributed by atoms with Gasteiger partial charge in [0.1, 0.15) is 0 Å². The Morgan fingerprint density at radius 3 is 1.88 bits per heavy atom. The average molecular weight is 382 g/mol. The Morgan fingerprint density at radius 2 is 1.46 bits per heavy atom. The van der Waals surface area contributed by atoms with Gasteiger partial charge in [0, 0.05) is 0 Å². The molecular formula is C17H20F6N2O. The highest BCUT2D eigenvalue weighted by Crippen LogP contribution is 2.38. The molecule has 2 rings (SSSR count). The molecule has 1 aliphatic rings. The standard InChI is InChI=1S/C17H20F6N2O/c1-15(2,25-14(26)13-5-3-4-6-24-13)10-7-11(16(18,19)20)9-12(8-10)17(21,22)23/h7-9,13,24H,3-6H2,1-2H3,(H,25,26). The third-order valence-corrected chi connectivity index (χ3v) is 4.37. The molecule has 0 radical (unpaired) electrons. The Bertz CT molecular complexity index is 628. The second kappa shape index (κ2) is 7.09. The lowest BCUT2D eigenvalue weighted by Gasteiger charge is -2.32. The Kier molecular flexibility index (Phi) is 5.60. The molecule has 0 spiro atoms. The summed E-state index contributed by atoms with van der Waals surface area (Å²) in [7, 11) is 0. The van der Waals surface area contributed by atoms with Gasteiger partial charge < -0.3 is 10.6 Å². The normalized spacial score (nSPS) is 19.3. The summed E-state index contributed by atoms with van der Waals surface area (Å²) in [5.41, 5.74) is -4.47. The number of hydrogen-bond acceptors (Lipinski definition) is 2. The summed E-state index contributed by atoms with van der Waals surface area (Å²) in [5, 5.41) is 5.56. The van der Waals surface area contributed by atoms with E-state index >= 15 is 0 Å². The van der Waals surface area contributed by atoms with Gasteiger partial charge >= 0.3 is 12.4 Å². The summed E-state index contributed by atoms with van der Waals surface area (Å²) in [6.07, 6.45) is -7.55. The molecule has 1 heterocycles. The zero-order chi connectivity index (χ0) is 19.8. The molecule has 1 aromatic rings. The SMILES string of the molecule is CC(C)(NC(=O)C1CCCCN1)c1cc(C(F)(F)F)cc(C(F)(F)F)c1. The molecule has 1 atom stereocenters. The third kappa shape index (κ3) is 4.90. The van der Waals surface area contributed by atoms with Crippen LogP contribution < -0.4 is 10.6 Å². The number of piperidine rings is 1. The maximum atomic E-state index is 13.0. The quantitative estimate of drug-likeness (QED) is 0.769. The molecule has 0 saturated carbocycles. The molecule has 1 aliphatic heterocycles. The van der Waals surface area contributed by atoms with E-state index in [0.29, 0.717) is 25.1 Å². The van der Waals surface area contributed by atoms with Crippen molar-refractivity contribution in [2.24, 2.45) is 0 Å². The number of halogens is 6. The Balaban J connectivity index is 2.36. The fourth-order valence-corrected chi connectivity index (χ4v) is 2.86. The molecule has 0 bridgehead atoms. The molecule has 26 heavy (non-hydrogen) atoms. The van der Waals surface area contributed by atoms with Crippen molar-refractivity contribution in [3.63, 3.8) is 0 Å². The van der Waals surface area contributed by atoms with Crippen molar-refractivity contribution in [3.05, 3.63) is 34.9 Å². The highest BCUT2D eigenvalue weighted by atomic mass is 19.4. The second-order valence-corrected chi connectivity index (χ2v) is 6.91. The molecule has 1 saturated heterocycles. The lowest BCUT2D eigenvalue weighted by Crippen LogP contribution is -2.52. The minimum absolute atomic E-state index is 0.0735. The van der Waals surface area contributed by atoms with Crippen LogP contribution in [0.5, 0.6) is 0 Å². The van der Waals surface area contributed by atoms with E-state index in [0.717, 1.165) is 12.8 Å². The van der Waals surface area contributed by atoms with E-state index in [1.807, 2.05) is 0 Å². The van der Waals surface area contributed by atoms with Gasteiger partial charge in [-0.3, -0.25) is 4.79 Å². The first-order valence-electron chi connectivity index (χ1n) is 8.16. The molecule has 9 heteroatoms. The number of carbonyl (C=O) groups excluding carboxylic acids is 1. The number of hydrogen-bond donors (Lipinski definition) is 2. The van der Waals surface area contributed by atoms with Crippen molar-refractivity contribution in [2.75, 3.05) is 6.54 Å². The molecule has 0 aliphatic carbocycles. The van der Waals surface area contributed by atoms with Gasteiger partial charge in [-0.15, -0.1) is 0 Å². The lowest BCUT2D eigenvalue weighted by molar-refractivity contribution is -0.143. The predicted molar refractivity (Wildman–Crippen MR) is 83.3 cm³/mol. The molecule has 3 nitrogen and oxygen atoms in total. The van der Waals surface area contributed by atoms with E-state index in [4.69, 9.17) is 0 Å². The van der Waals surface area contributed by atoms with Crippen molar-refractivity contribution < 1.29 is 31.1 Å². The molecule has 1 amide bonds. The summed E-state index contributed by atoms with van der Waals surface area (Å²) < 4.78 is 78.1. The van der Waals surface area contributed by atoms with Crippen LogP contribution in [0.15, 0.2) is 18.2 Å². The van der Waals surface area contributed by atoms with E-state index < -0.39 is 41.0 Å². The Morgan fingerprint density at radius 1 is 0.962 bits per heavy atom. The van der Waals surface area contributed by atoms with Crippen LogP contribution in [0.2, 0.25) is 0 Å². The van der Waals surface area contributed by atoms with Crippen LogP contribution in [0.25, 0.3) is 0 Å². The van der Waals surface area contributed by atoms with Gasteiger partial charge in [-0.1, -0.05) is 6.42 Å². The van der Waals surface area contributed by atoms with E-state index in [9.17, 15) is 31.1 Å². The number of nitrogens with one attached hydrogen (secondary N) is 2. The van der Waals surface area contributed by atoms with Crippen LogP contribution in [0.1, 0.15) is 49.8 Å². The van der Waals surface area contributed by atoms with Crippen LogP contribution >= 0.6 is 0 Å². The van der Waals surface area contributed by atoms with Crippen LogP contribution in [0.3, 0.4) is 0 Å². The first kappa shape index (κ1) is 20.5. The number of carbonyl (C=O) groups is 1. The largest absolute Gasteiger partial charge is 0.416 e. The van der Waals surface area contributed by atoms with Gasteiger partial charge in [0.15, 0.2) is 0 Å². The molecule has 2 N–H and O–H groups in total. The fourth-order valence-electron chi connectivity index (χ4n) is 2.86. The second-order valence-electron chi connectivity index (χ2n) is 6.91. The van der Waals surface area contributed by atoms with Gasteiger partial charge in [0.2, 0.25) is 5.91 Å². The minimum atomic E-state index is -4.93. The Hall–Kier alpha value is -1.77. The highest BCUT2D eigenvalue weighted by molar-refractivity contribution is 5.82. The number of benzene rings is 1. The van der Waals surface area contributed by atoms with Crippen LogP contribution in [0, 0.1) is 0 Å². The van der Waals surface area contributed by atoms with Crippen LogP contribution in [-0.2, 0) is 22.7 Å². The van der Waals surface area contributed by atoms with Gasteiger partial charge in [0.25, 0.3) is 0 Å². The van der Waals surface area contributed by atoms with Crippen molar-refractivity contribution in [1.82, 2.24) is 10.6 Å². The topological polar surface area (TPSA) is 41.1 Å². The van der Waals surface area contributed by atoms with Crippen LogP contribution in [0.4, 0.5) is 26.3 Å². The van der Waals surface area contributed by atoms with Crippen molar-refractivity contribution in [3.8, 4) is 0 Å². The lowest BCUT2D eigenvalue weighted by atomic mass is 9.90. The summed E-state index contributed by atoms with van der Waals surface area (Å²) >= 11 is 0. The smallest absolute Gasteiger partial charge is 0.346 e. The third-order valence-electron chi connectivity index (χ3n) is 4.37. The van der Waals surface area contributed by atoms with E-state index in [-0.39, 0.29) is 11.6 Å². The fraction of sp³-hybridized carbons (Fsp3) is 0.588. The summed E-state index contributed by atoms with van der Waals surface area (Å²) in [6.45, 7) is 3.40. The first-order chi connectivity index (χ1) is 11.8. The first-order valence-corrected chi connectivity index (χ1v) is 8.16. The van der Waals surface area contributed by atoms with Gasteiger partial charge in [0.05, 0.1) is 22.7 Å².